The van der Waals surface area contributed by atoms with Gasteiger partial charge in [-0.15, -0.1) is 0 Å². The molecule has 6 heteroatoms. The average Bonchev–Trinajstić information content (AvgIpc) is 3.08. The van der Waals surface area contributed by atoms with Gasteiger partial charge >= 0.3 is 0 Å². The Morgan fingerprint density at radius 3 is 2.75 bits per heavy atom. The summed E-state index contributed by atoms with van der Waals surface area (Å²) in [4.78, 5) is 10.6. The van der Waals surface area contributed by atoms with Crippen molar-refractivity contribution in [1.82, 2.24) is 0 Å². The number of methoxy groups -OCH3 is 1. The number of ether oxygens (including phenoxy) is 2. The Balaban J connectivity index is 1.79. The number of benzene rings is 1. The number of nitrogens with one attached hydrogen (secondary N) is 1. The standard InChI is InChI=1S/C18H26N2O4/c1-3-24-17-11-16(18(17)8-4-5-9-18)19-15-7-6-14(20(21)22)10-13(15)12-23-2/h6-7,10,16-17,19H,3-5,8-9,11-12H2,1-2H3. The average molecular weight is 334 g/mol. The van der Waals surface area contributed by atoms with Crippen LogP contribution in [0.2, 0.25) is 0 Å². The van der Waals surface area contributed by atoms with Gasteiger partial charge in [-0.1, -0.05) is 12.8 Å². The van der Waals surface area contributed by atoms with Crippen LogP contribution in [-0.4, -0.2) is 30.8 Å². The summed E-state index contributed by atoms with van der Waals surface area (Å²) in [6, 6.07) is 5.34. The topological polar surface area (TPSA) is 73.6 Å². The third-order valence-electron chi connectivity index (χ3n) is 5.62. The minimum Gasteiger partial charge on any atom is -0.381 e. The van der Waals surface area contributed by atoms with Gasteiger partial charge in [-0.3, -0.25) is 10.1 Å². The second-order valence-electron chi connectivity index (χ2n) is 6.85. The van der Waals surface area contributed by atoms with E-state index in [1.54, 1.807) is 19.2 Å². The predicted octanol–water partition coefficient (Wildman–Crippen LogP) is 3.89. The van der Waals surface area contributed by atoms with Gasteiger partial charge in [0.1, 0.15) is 0 Å². The van der Waals surface area contributed by atoms with Crippen LogP contribution < -0.4 is 5.32 Å². The maximum atomic E-state index is 11.0. The quantitative estimate of drug-likeness (QED) is 0.605. The molecule has 1 N–H and O–H groups in total. The zero-order valence-corrected chi connectivity index (χ0v) is 14.4. The van der Waals surface area contributed by atoms with Crippen LogP contribution in [0, 0.1) is 15.5 Å². The molecule has 1 aromatic carbocycles. The van der Waals surface area contributed by atoms with Gasteiger partial charge in [0.05, 0.1) is 17.6 Å². The third kappa shape index (κ3) is 3.00. The Morgan fingerprint density at radius 1 is 1.38 bits per heavy atom. The predicted molar refractivity (Wildman–Crippen MR) is 92.2 cm³/mol. The van der Waals surface area contributed by atoms with Gasteiger partial charge in [0, 0.05) is 48.6 Å². The van der Waals surface area contributed by atoms with Crippen LogP contribution in [0.4, 0.5) is 11.4 Å². The Morgan fingerprint density at radius 2 is 2.12 bits per heavy atom. The molecule has 132 valence electrons. The highest BCUT2D eigenvalue weighted by Crippen LogP contribution is 2.55. The first kappa shape index (κ1) is 17.2. The lowest BCUT2D eigenvalue weighted by molar-refractivity contribution is -0.384. The zero-order valence-electron chi connectivity index (χ0n) is 14.4. The minimum absolute atomic E-state index is 0.101. The van der Waals surface area contributed by atoms with E-state index in [-0.39, 0.29) is 16.0 Å². The molecule has 2 atom stereocenters. The van der Waals surface area contributed by atoms with Gasteiger partial charge in [0.15, 0.2) is 0 Å². The van der Waals surface area contributed by atoms with Crippen LogP contribution in [0.3, 0.4) is 0 Å². The number of nitro benzene ring substituents is 1. The summed E-state index contributed by atoms with van der Waals surface area (Å²) in [5.74, 6) is 0. The number of non-ortho nitro benzene ring substituents is 1. The number of rotatable bonds is 7. The molecule has 2 unspecified atom stereocenters. The van der Waals surface area contributed by atoms with Crippen molar-refractivity contribution in [2.75, 3.05) is 19.0 Å². The molecule has 2 aliphatic carbocycles. The van der Waals surface area contributed by atoms with Crippen LogP contribution in [-0.2, 0) is 16.1 Å². The first-order chi connectivity index (χ1) is 11.6. The highest BCUT2D eigenvalue weighted by molar-refractivity contribution is 5.57. The molecule has 0 heterocycles. The molecule has 3 rings (SSSR count). The van der Waals surface area contributed by atoms with Gasteiger partial charge in [-0.05, 0) is 32.3 Å². The number of hydrogen-bond acceptors (Lipinski definition) is 5. The molecular weight excluding hydrogens is 308 g/mol. The van der Waals surface area contributed by atoms with E-state index in [1.807, 2.05) is 6.07 Å². The van der Waals surface area contributed by atoms with E-state index in [4.69, 9.17) is 9.47 Å². The highest BCUT2D eigenvalue weighted by atomic mass is 16.6. The smallest absolute Gasteiger partial charge is 0.269 e. The van der Waals surface area contributed by atoms with Crippen molar-refractivity contribution in [2.24, 2.45) is 5.41 Å². The van der Waals surface area contributed by atoms with Crippen LogP contribution in [0.1, 0.15) is 44.6 Å². The molecule has 1 aromatic rings. The monoisotopic (exact) mass is 334 g/mol. The van der Waals surface area contributed by atoms with E-state index in [0.717, 1.165) is 24.3 Å². The van der Waals surface area contributed by atoms with Crippen molar-refractivity contribution >= 4 is 11.4 Å². The Hall–Kier alpha value is -1.66. The number of anilines is 1. The summed E-state index contributed by atoms with van der Waals surface area (Å²) in [6.07, 6.45) is 6.24. The normalized spacial score (nSPS) is 24.8. The van der Waals surface area contributed by atoms with Crippen molar-refractivity contribution in [3.05, 3.63) is 33.9 Å². The summed E-state index contributed by atoms with van der Waals surface area (Å²) < 4.78 is 11.2. The molecule has 6 nitrogen and oxygen atoms in total. The van der Waals surface area contributed by atoms with Crippen LogP contribution in [0.5, 0.6) is 0 Å². The first-order valence-electron chi connectivity index (χ1n) is 8.75. The van der Waals surface area contributed by atoms with E-state index in [2.05, 4.69) is 12.2 Å². The summed E-state index contributed by atoms with van der Waals surface area (Å²) in [5, 5.41) is 14.6. The maximum Gasteiger partial charge on any atom is 0.269 e. The number of hydrogen-bond donors (Lipinski definition) is 1. The first-order valence-corrected chi connectivity index (χ1v) is 8.75. The van der Waals surface area contributed by atoms with Crippen molar-refractivity contribution in [2.45, 2.75) is 57.8 Å². The Bertz CT molecular complexity index is 599. The summed E-state index contributed by atoms with van der Waals surface area (Å²) in [5.41, 5.74) is 2.10. The van der Waals surface area contributed by atoms with Crippen LogP contribution in [0.15, 0.2) is 18.2 Å². The van der Waals surface area contributed by atoms with Crippen LogP contribution in [0.25, 0.3) is 0 Å². The molecule has 0 saturated heterocycles. The molecule has 2 saturated carbocycles. The summed E-state index contributed by atoms with van der Waals surface area (Å²) in [7, 11) is 1.61. The fraction of sp³-hybridized carbons (Fsp3) is 0.667. The van der Waals surface area contributed by atoms with Gasteiger partial charge < -0.3 is 14.8 Å². The Labute approximate surface area is 142 Å². The largest absolute Gasteiger partial charge is 0.381 e. The van der Waals surface area contributed by atoms with E-state index < -0.39 is 0 Å². The second-order valence-corrected chi connectivity index (χ2v) is 6.85. The van der Waals surface area contributed by atoms with Crippen molar-refractivity contribution in [3.63, 3.8) is 0 Å². The molecule has 2 fully saturated rings. The van der Waals surface area contributed by atoms with Gasteiger partial charge in [-0.25, -0.2) is 0 Å². The summed E-state index contributed by atoms with van der Waals surface area (Å²) in [6.45, 7) is 3.17. The molecule has 2 aliphatic rings. The Kier molecular flexibility index (Phi) is 5.06. The van der Waals surface area contributed by atoms with Gasteiger partial charge in [0.25, 0.3) is 5.69 Å². The number of nitrogens with zero attached hydrogens (tertiary/aromatic N) is 1. The van der Waals surface area contributed by atoms with E-state index >= 15 is 0 Å². The molecule has 0 aliphatic heterocycles. The highest BCUT2D eigenvalue weighted by Gasteiger charge is 2.56. The summed E-state index contributed by atoms with van der Waals surface area (Å²) >= 11 is 0. The lowest BCUT2D eigenvalue weighted by atomic mass is 9.60. The van der Waals surface area contributed by atoms with E-state index in [1.165, 1.54) is 25.7 Å². The van der Waals surface area contributed by atoms with Crippen molar-refractivity contribution in [1.29, 1.82) is 0 Å². The van der Waals surface area contributed by atoms with Gasteiger partial charge in [-0.2, -0.15) is 0 Å². The lowest BCUT2D eigenvalue weighted by Gasteiger charge is -2.54. The van der Waals surface area contributed by atoms with Crippen molar-refractivity contribution < 1.29 is 14.4 Å². The fourth-order valence-corrected chi connectivity index (χ4v) is 4.39. The SMILES string of the molecule is CCOC1CC(Nc2ccc([N+](=O)[O-])cc2COC)C12CCCC2. The molecule has 1 spiro atoms. The zero-order chi connectivity index (χ0) is 17.2. The second kappa shape index (κ2) is 7.07. The molecular formula is C18H26N2O4. The third-order valence-corrected chi connectivity index (χ3v) is 5.62. The van der Waals surface area contributed by atoms with Crippen LogP contribution >= 0.6 is 0 Å². The van der Waals surface area contributed by atoms with Gasteiger partial charge in [0.2, 0.25) is 0 Å². The fourth-order valence-electron chi connectivity index (χ4n) is 4.39. The minimum atomic E-state index is -0.365. The maximum absolute atomic E-state index is 11.0. The number of nitro groups is 1. The van der Waals surface area contributed by atoms with E-state index in [9.17, 15) is 10.1 Å². The molecule has 0 bridgehead atoms. The molecule has 0 amide bonds. The van der Waals surface area contributed by atoms with E-state index in [0.29, 0.717) is 18.8 Å². The lowest BCUT2D eigenvalue weighted by Crippen LogP contribution is -2.60. The molecule has 24 heavy (non-hydrogen) atoms. The molecule has 0 radical (unpaired) electrons. The molecule has 0 aromatic heterocycles. The van der Waals surface area contributed by atoms with Crippen molar-refractivity contribution in [3.8, 4) is 0 Å².